The summed E-state index contributed by atoms with van der Waals surface area (Å²) in [6.07, 6.45) is 1.51. The van der Waals surface area contributed by atoms with Crippen LogP contribution in [-0.4, -0.2) is 11.7 Å². The Labute approximate surface area is 35.6 Å². The maximum Gasteiger partial charge on any atom is 0.125 e. The van der Waals surface area contributed by atoms with Crippen LogP contribution in [-0.2, 0) is 0 Å². The molecule has 1 aliphatic heterocycles. The van der Waals surface area contributed by atoms with Gasteiger partial charge in [0, 0.05) is 0 Å². The van der Waals surface area contributed by atoms with E-state index in [1.807, 2.05) is 0 Å². The molecule has 0 atom stereocenters. The second-order valence-corrected chi connectivity index (χ2v) is 1.13. The van der Waals surface area contributed by atoms with Crippen LogP contribution in [0.25, 0.3) is 0 Å². The fourth-order valence-corrected chi connectivity index (χ4v) is 0.327. The Bertz CT molecular complexity index is 78.9. The Kier molecular flexibility index (Phi) is 0.686. The van der Waals surface area contributed by atoms with Gasteiger partial charge in [-0.05, 0) is 0 Å². The summed E-state index contributed by atoms with van der Waals surface area (Å²) < 4.78 is 0. The summed E-state index contributed by atoms with van der Waals surface area (Å²) in [5.74, 6) is 0.356. The Hall–Kier alpha value is -0.700. The average Bonchev–Trinajstić information content (AvgIpc) is 1.86. The first kappa shape index (κ1) is 3.49. The lowest BCUT2D eigenvalue weighted by molar-refractivity contribution is 0.404. The summed E-state index contributed by atoms with van der Waals surface area (Å²) in [5.41, 5.74) is 5.29. The molecular weight excluding hydrogens is 80.0 g/mol. The molecule has 34 valence electrons. The molecule has 0 spiro atoms. The first-order chi connectivity index (χ1) is 2.89. The Balaban J connectivity index is 2.45. The number of aliphatic hydroxyl groups is 1. The molecule has 0 fully saturated rings. The van der Waals surface area contributed by atoms with E-state index in [0.717, 1.165) is 0 Å². The van der Waals surface area contributed by atoms with E-state index in [4.69, 9.17) is 5.11 Å². The van der Waals surface area contributed by atoms with Crippen molar-refractivity contribution in [3.05, 3.63) is 12.0 Å². The van der Waals surface area contributed by atoms with Crippen LogP contribution in [0.2, 0.25) is 0 Å². The zero-order chi connectivity index (χ0) is 4.41. The molecule has 1 rings (SSSR count). The molecule has 6 heavy (non-hydrogen) atoms. The fraction of sp³-hybridized carbons (Fsp3) is 0.333. The largest absolute Gasteiger partial charge is 0.509 e. The van der Waals surface area contributed by atoms with Crippen molar-refractivity contribution in [2.24, 2.45) is 0 Å². The van der Waals surface area contributed by atoms with Gasteiger partial charge in [0.25, 0.3) is 0 Å². The van der Waals surface area contributed by atoms with Crippen molar-refractivity contribution in [1.29, 1.82) is 0 Å². The zero-order valence-corrected chi connectivity index (χ0v) is 3.23. The quantitative estimate of drug-likeness (QED) is 0.372. The van der Waals surface area contributed by atoms with Crippen LogP contribution in [0.1, 0.15) is 0 Å². The number of nitrogens with one attached hydrogen (secondary N) is 2. The minimum Gasteiger partial charge on any atom is -0.509 e. The number of hydrazine groups is 1. The number of hydrogen-bond acceptors (Lipinski definition) is 3. The number of rotatable bonds is 0. The van der Waals surface area contributed by atoms with E-state index >= 15 is 0 Å². The van der Waals surface area contributed by atoms with Gasteiger partial charge in [-0.1, -0.05) is 0 Å². The van der Waals surface area contributed by atoms with E-state index in [9.17, 15) is 0 Å². The van der Waals surface area contributed by atoms with E-state index < -0.39 is 0 Å². The summed E-state index contributed by atoms with van der Waals surface area (Å²) in [6, 6.07) is 0. The third kappa shape index (κ3) is 0.440. The van der Waals surface area contributed by atoms with Gasteiger partial charge in [-0.15, -0.1) is 0 Å². The van der Waals surface area contributed by atoms with E-state index in [0.29, 0.717) is 12.3 Å². The van der Waals surface area contributed by atoms with Gasteiger partial charge in [0.05, 0.1) is 12.7 Å². The van der Waals surface area contributed by atoms with Crippen molar-refractivity contribution in [2.75, 3.05) is 6.54 Å². The molecule has 0 unspecified atom stereocenters. The Morgan fingerprint density at radius 3 is 2.83 bits per heavy atom. The van der Waals surface area contributed by atoms with Gasteiger partial charge < -0.3 is 10.5 Å². The molecular formula is C3H6N2O. The first-order valence-corrected chi connectivity index (χ1v) is 1.76. The van der Waals surface area contributed by atoms with Crippen LogP contribution >= 0.6 is 0 Å². The molecule has 0 aromatic carbocycles. The lowest BCUT2D eigenvalue weighted by atomic mass is 10.6. The molecule has 3 nitrogen and oxygen atoms in total. The topological polar surface area (TPSA) is 44.3 Å². The molecule has 0 bridgehead atoms. The van der Waals surface area contributed by atoms with E-state index in [2.05, 4.69) is 10.9 Å². The second kappa shape index (κ2) is 1.18. The third-order valence-electron chi connectivity index (χ3n) is 0.610. The predicted molar refractivity (Wildman–Crippen MR) is 21.9 cm³/mol. The molecule has 0 aromatic heterocycles. The van der Waals surface area contributed by atoms with Crippen LogP contribution in [0.15, 0.2) is 12.0 Å². The van der Waals surface area contributed by atoms with Crippen LogP contribution in [0.5, 0.6) is 0 Å². The highest BCUT2D eigenvalue weighted by atomic mass is 16.3. The highest BCUT2D eigenvalue weighted by molar-refractivity contribution is 4.95. The molecule has 1 heterocycles. The van der Waals surface area contributed by atoms with Gasteiger partial charge in [0.1, 0.15) is 5.76 Å². The predicted octanol–water partition coefficient (Wildman–Crippen LogP) is -0.506. The molecule has 1 aliphatic rings. The molecule has 0 saturated heterocycles. The van der Waals surface area contributed by atoms with Crippen LogP contribution in [0, 0.1) is 0 Å². The lowest BCUT2D eigenvalue weighted by Gasteiger charge is -1.84. The van der Waals surface area contributed by atoms with Crippen LogP contribution in [0.4, 0.5) is 0 Å². The maximum absolute atomic E-state index is 8.47. The van der Waals surface area contributed by atoms with E-state index in [1.165, 1.54) is 6.20 Å². The van der Waals surface area contributed by atoms with Crippen molar-refractivity contribution in [3.63, 3.8) is 0 Å². The van der Waals surface area contributed by atoms with Crippen molar-refractivity contribution in [3.8, 4) is 0 Å². The van der Waals surface area contributed by atoms with Gasteiger partial charge in [-0.25, -0.2) is 5.43 Å². The average molecular weight is 86.1 g/mol. The zero-order valence-electron chi connectivity index (χ0n) is 3.23. The monoisotopic (exact) mass is 86.0 g/mol. The lowest BCUT2D eigenvalue weighted by Crippen LogP contribution is -2.20. The van der Waals surface area contributed by atoms with Gasteiger partial charge in [0.2, 0.25) is 0 Å². The van der Waals surface area contributed by atoms with Gasteiger partial charge in [-0.2, -0.15) is 0 Å². The molecule has 0 radical (unpaired) electrons. The van der Waals surface area contributed by atoms with Crippen molar-refractivity contribution in [1.82, 2.24) is 10.9 Å². The minimum atomic E-state index is 0.356. The molecule has 3 N–H and O–H groups in total. The number of aliphatic hydroxyl groups excluding tert-OH is 1. The second-order valence-electron chi connectivity index (χ2n) is 1.13. The fourth-order valence-electron chi connectivity index (χ4n) is 0.327. The van der Waals surface area contributed by atoms with Gasteiger partial charge in [-0.3, -0.25) is 0 Å². The van der Waals surface area contributed by atoms with Crippen molar-refractivity contribution in [2.45, 2.75) is 0 Å². The molecule has 0 aromatic rings. The Morgan fingerprint density at radius 1 is 1.83 bits per heavy atom. The number of hydrogen-bond donors (Lipinski definition) is 3. The van der Waals surface area contributed by atoms with Gasteiger partial charge >= 0.3 is 0 Å². The standard InChI is InChI=1S/C3H6N2O/c6-3-1-4-5-2-3/h1,4-6H,2H2. The van der Waals surface area contributed by atoms with Gasteiger partial charge in [0.15, 0.2) is 0 Å². The highest BCUT2D eigenvalue weighted by Gasteiger charge is 1.95. The van der Waals surface area contributed by atoms with Crippen LogP contribution < -0.4 is 10.9 Å². The normalized spacial score (nSPS) is 19.7. The third-order valence-corrected chi connectivity index (χ3v) is 0.610. The SMILES string of the molecule is OC1=CNNC1. The van der Waals surface area contributed by atoms with E-state index in [1.54, 1.807) is 0 Å². The van der Waals surface area contributed by atoms with E-state index in [-0.39, 0.29) is 0 Å². The summed E-state index contributed by atoms with van der Waals surface area (Å²) in [7, 11) is 0. The summed E-state index contributed by atoms with van der Waals surface area (Å²) in [5, 5.41) is 8.47. The Morgan fingerprint density at radius 2 is 2.67 bits per heavy atom. The summed E-state index contributed by atoms with van der Waals surface area (Å²) in [6.45, 7) is 0.542. The summed E-state index contributed by atoms with van der Waals surface area (Å²) >= 11 is 0. The first-order valence-electron chi connectivity index (χ1n) is 1.76. The van der Waals surface area contributed by atoms with Crippen LogP contribution in [0.3, 0.4) is 0 Å². The van der Waals surface area contributed by atoms with Crippen molar-refractivity contribution >= 4 is 0 Å². The highest BCUT2D eigenvalue weighted by Crippen LogP contribution is 1.84. The molecule has 0 aliphatic carbocycles. The molecule has 0 amide bonds. The molecule has 3 heteroatoms. The molecule has 0 saturated carbocycles. The maximum atomic E-state index is 8.47. The van der Waals surface area contributed by atoms with Crippen molar-refractivity contribution < 1.29 is 5.11 Å². The summed E-state index contributed by atoms with van der Waals surface area (Å²) in [4.78, 5) is 0. The minimum absolute atomic E-state index is 0.356. The smallest absolute Gasteiger partial charge is 0.125 e.